The molecule has 0 rings (SSSR count). The maximum atomic E-state index is 10.9. The molecule has 4 nitrogen and oxygen atoms in total. The Labute approximate surface area is 95.3 Å². The van der Waals surface area contributed by atoms with Crippen LogP contribution in [0, 0.1) is 0 Å². The number of ether oxygens (including phenoxy) is 1. The Kier molecular flexibility index (Phi) is 10.3. The van der Waals surface area contributed by atoms with Crippen molar-refractivity contribution in [3.63, 3.8) is 0 Å². The van der Waals surface area contributed by atoms with Gasteiger partial charge in [0.2, 0.25) is 5.91 Å². The predicted molar refractivity (Wildman–Crippen MR) is 47.9 cm³/mol. The Hall–Kier alpha value is 0.0344. The van der Waals surface area contributed by atoms with Gasteiger partial charge in [-0.3, -0.25) is 4.79 Å². The van der Waals surface area contributed by atoms with Gasteiger partial charge < -0.3 is 14.4 Å². The quantitative estimate of drug-likeness (QED) is 0.428. The topological polar surface area (TPSA) is 46.6 Å². The van der Waals surface area contributed by atoms with E-state index >= 15 is 0 Å². The molecule has 1 amide bonds. The molecule has 0 saturated heterocycles. The average Bonchev–Trinajstić information content (AvgIpc) is 2.04. The summed E-state index contributed by atoms with van der Waals surface area (Å²) in [6.07, 6.45) is 0.698. The molecule has 0 bridgehead atoms. The van der Waals surface area contributed by atoms with Gasteiger partial charge in [0.15, 0.2) is 0 Å². The normalized spacial score (nSPS) is 11.3. The molecular formula is C7H13NO3SV. The second-order valence-electron chi connectivity index (χ2n) is 2.33. The molecule has 0 aromatic rings. The minimum Gasteiger partial charge on any atom is -0.351 e. The van der Waals surface area contributed by atoms with Crippen molar-refractivity contribution < 1.29 is 32.9 Å². The summed E-state index contributed by atoms with van der Waals surface area (Å²) in [5.41, 5.74) is 0. The van der Waals surface area contributed by atoms with Gasteiger partial charge in [-0.15, -0.1) is 0 Å². The van der Waals surface area contributed by atoms with Crippen molar-refractivity contribution in [3.05, 3.63) is 0 Å². The van der Waals surface area contributed by atoms with Crippen LogP contribution in [0.1, 0.15) is 13.8 Å². The van der Waals surface area contributed by atoms with Gasteiger partial charge in [0.1, 0.15) is 13.0 Å². The molecule has 0 aliphatic carbocycles. The molecule has 0 aromatic heterocycles. The molecule has 0 saturated carbocycles. The first-order valence-corrected chi connectivity index (χ1v) is 4.17. The molecule has 1 atom stereocenters. The molecule has 13 heavy (non-hydrogen) atoms. The van der Waals surface area contributed by atoms with Gasteiger partial charge in [-0.05, 0) is 6.92 Å². The third-order valence-corrected chi connectivity index (χ3v) is 1.60. The van der Waals surface area contributed by atoms with Crippen molar-refractivity contribution in [1.29, 1.82) is 0 Å². The summed E-state index contributed by atoms with van der Waals surface area (Å²) in [7, 11) is 0. The number of rotatable bonds is 5. The summed E-state index contributed by atoms with van der Waals surface area (Å²) in [6, 6.07) is -0.442. The first-order valence-electron chi connectivity index (χ1n) is 3.54. The van der Waals surface area contributed by atoms with Crippen LogP contribution >= 0.6 is 12.6 Å². The van der Waals surface area contributed by atoms with Crippen LogP contribution in [0.2, 0.25) is 0 Å². The monoisotopic (exact) mass is 242 g/mol. The molecule has 0 spiro atoms. The predicted octanol–water partition coefficient (Wildman–Crippen LogP) is 0.281. The number of carbonyl (C=O) groups is 2. The molecule has 6 heteroatoms. The molecular weight excluding hydrogens is 229 g/mol. The molecule has 75 valence electrons. The molecule has 0 heterocycles. The summed E-state index contributed by atoms with van der Waals surface area (Å²) < 4.78 is 4.89. The molecule has 0 fully saturated rings. The van der Waals surface area contributed by atoms with Crippen molar-refractivity contribution in [3.8, 4) is 0 Å². The van der Waals surface area contributed by atoms with E-state index in [1.807, 2.05) is 0 Å². The van der Waals surface area contributed by atoms with Gasteiger partial charge in [-0.2, -0.15) is 12.6 Å². The van der Waals surface area contributed by atoms with E-state index in [2.05, 4.69) is 12.6 Å². The zero-order valence-corrected chi connectivity index (χ0v) is 9.93. The maximum absolute atomic E-state index is 10.9. The third-order valence-electron chi connectivity index (χ3n) is 1.41. The largest absolute Gasteiger partial charge is 0.351 e. The van der Waals surface area contributed by atoms with E-state index in [1.165, 1.54) is 11.8 Å². The van der Waals surface area contributed by atoms with Gasteiger partial charge in [0, 0.05) is 25.5 Å². The Bertz CT molecular complexity index is 168. The molecule has 0 N–H and O–H groups in total. The maximum Gasteiger partial charge on any atom is 0.221 e. The van der Waals surface area contributed by atoms with E-state index < -0.39 is 6.04 Å². The fourth-order valence-corrected chi connectivity index (χ4v) is 0.790. The summed E-state index contributed by atoms with van der Waals surface area (Å²) >= 11 is 3.81. The van der Waals surface area contributed by atoms with Crippen LogP contribution in [-0.2, 0) is 32.9 Å². The third kappa shape index (κ3) is 6.15. The van der Waals surface area contributed by atoms with E-state index in [1.54, 1.807) is 6.92 Å². The van der Waals surface area contributed by atoms with Crippen LogP contribution in [-0.4, -0.2) is 35.8 Å². The number of hydrogen-bond donors (Lipinski definition) is 1. The number of carbonyl (C=O) groups excluding carboxylic acids is 2. The summed E-state index contributed by atoms with van der Waals surface area (Å²) in [5, 5.41) is 0. The van der Waals surface area contributed by atoms with Crippen LogP contribution in [0.3, 0.4) is 0 Å². The fourth-order valence-electron chi connectivity index (χ4n) is 0.708. The van der Waals surface area contributed by atoms with Gasteiger partial charge in [-0.25, -0.2) is 0 Å². The zero-order valence-electron chi connectivity index (χ0n) is 7.64. The molecule has 1 radical (unpaired) electrons. The van der Waals surface area contributed by atoms with Crippen molar-refractivity contribution >= 4 is 24.8 Å². The van der Waals surface area contributed by atoms with Crippen LogP contribution in [0.5, 0.6) is 0 Å². The van der Waals surface area contributed by atoms with Crippen LogP contribution < -0.4 is 0 Å². The van der Waals surface area contributed by atoms with Gasteiger partial charge in [0.05, 0.1) is 12.0 Å². The first-order chi connectivity index (χ1) is 5.63. The molecule has 0 aliphatic rings. The van der Waals surface area contributed by atoms with E-state index in [4.69, 9.17) is 4.74 Å². The second kappa shape index (κ2) is 8.62. The van der Waals surface area contributed by atoms with Crippen LogP contribution in [0.4, 0.5) is 0 Å². The molecule has 0 aromatic carbocycles. The standard InChI is InChI=1S/C7H13NO3S.V/c1-6(3-9)8(7(2)10)4-11-5-12;/h3,6,12H,4-5H2,1-2H3;. The van der Waals surface area contributed by atoms with E-state index in [0.29, 0.717) is 6.29 Å². The number of amides is 1. The zero-order chi connectivity index (χ0) is 9.56. The minimum atomic E-state index is -0.442. The van der Waals surface area contributed by atoms with Gasteiger partial charge in [0.25, 0.3) is 0 Å². The van der Waals surface area contributed by atoms with E-state index in [-0.39, 0.29) is 37.1 Å². The Balaban J connectivity index is 0. The first kappa shape index (κ1) is 15.5. The second-order valence-corrected chi connectivity index (χ2v) is 2.59. The SMILES string of the molecule is CC(=O)N(COCS)C(C)C=O.[V]. The van der Waals surface area contributed by atoms with Crippen LogP contribution in [0.15, 0.2) is 0 Å². The van der Waals surface area contributed by atoms with Crippen molar-refractivity contribution in [2.24, 2.45) is 0 Å². The van der Waals surface area contributed by atoms with Crippen molar-refractivity contribution in [2.75, 3.05) is 12.7 Å². The summed E-state index contributed by atoms with van der Waals surface area (Å²) in [4.78, 5) is 22.6. The van der Waals surface area contributed by atoms with Crippen molar-refractivity contribution in [2.45, 2.75) is 19.9 Å². The number of aldehydes is 1. The number of hydrogen-bond acceptors (Lipinski definition) is 4. The Morgan fingerprint density at radius 2 is 2.23 bits per heavy atom. The minimum absolute atomic E-state index is 0. The Morgan fingerprint density at radius 3 is 2.54 bits per heavy atom. The summed E-state index contributed by atoms with van der Waals surface area (Å²) in [5.74, 6) is 0.0476. The van der Waals surface area contributed by atoms with Gasteiger partial charge >= 0.3 is 0 Å². The fraction of sp³-hybridized carbons (Fsp3) is 0.714. The van der Waals surface area contributed by atoms with E-state index in [9.17, 15) is 9.59 Å². The number of nitrogens with zero attached hydrogens (tertiary/aromatic N) is 1. The number of thiol groups is 1. The smallest absolute Gasteiger partial charge is 0.221 e. The average molecular weight is 242 g/mol. The van der Waals surface area contributed by atoms with Gasteiger partial charge in [-0.1, -0.05) is 0 Å². The Morgan fingerprint density at radius 1 is 1.69 bits per heavy atom. The van der Waals surface area contributed by atoms with E-state index in [0.717, 1.165) is 0 Å². The molecule has 1 unspecified atom stereocenters. The van der Waals surface area contributed by atoms with Crippen molar-refractivity contribution in [1.82, 2.24) is 4.90 Å². The molecule has 0 aliphatic heterocycles. The van der Waals surface area contributed by atoms with Crippen LogP contribution in [0.25, 0.3) is 0 Å². The summed E-state index contributed by atoms with van der Waals surface area (Å²) in [6.45, 7) is 3.14.